The highest BCUT2D eigenvalue weighted by atomic mass is 16.3. The fourth-order valence-electron chi connectivity index (χ4n) is 9.90. The van der Waals surface area contributed by atoms with Crippen molar-refractivity contribution in [3.05, 3.63) is 96.1 Å². The molecular weight excluding hydrogens is 1180 g/mol. The molecule has 23 N–H and O–H groups in total. The van der Waals surface area contributed by atoms with Crippen LogP contribution < -0.4 is 87.2 Å². The van der Waals surface area contributed by atoms with E-state index in [2.05, 4.69) is 58.5 Å². The van der Waals surface area contributed by atoms with Crippen LogP contribution in [-0.4, -0.2) is 187 Å². The van der Waals surface area contributed by atoms with Gasteiger partial charge in [-0.05, 0) is 120 Å². The van der Waals surface area contributed by atoms with Gasteiger partial charge in [-0.2, -0.15) is 0 Å². The molecule has 1 saturated heterocycles. The molecule has 1 heterocycles. The quantitative estimate of drug-likeness (QED) is 0.0309. The number of rotatable bonds is 28. The number of amides is 11. The molecule has 1 fully saturated rings. The molecule has 0 unspecified atom stereocenters. The Morgan fingerprint density at radius 2 is 0.978 bits per heavy atom. The van der Waals surface area contributed by atoms with Gasteiger partial charge in [0.25, 0.3) is 5.91 Å². The molecule has 500 valence electrons. The molecule has 0 spiro atoms. The predicted octanol–water partition coefficient (Wildman–Crippen LogP) is -3.95. The zero-order valence-electron chi connectivity index (χ0n) is 52.0. The van der Waals surface area contributed by atoms with E-state index in [0.29, 0.717) is 18.4 Å². The van der Waals surface area contributed by atoms with Crippen molar-refractivity contribution in [2.45, 2.75) is 170 Å². The Kier molecular flexibility index (Phi) is 32.7. The molecule has 91 heavy (non-hydrogen) atoms. The second kappa shape index (κ2) is 39.6. The second-order valence-electron chi connectivity index (χ2n) is 22.4. The van der Waals surface area contributed by atoms with Gasteiger partial charge in [-0.25, -0.2) is 0 Å². The van der Waals surface area contributed by atoms with E-state index in [1.807, 2.05) is 37.3 Å². The van der Waals surface area contributed by atoms with Crippen LogP contribution in [0, 0.1) is 0 Å². The molecule has 11 amide bonds. The summed E-state index contributed by atoms with van der Waals surface area (Å²) in [6.45, 7) is 3.12. The first kappa shape index (κ1) is 75.0. The average molecular weight is 1270 g/mol. The maximum absolute atomic E-state index is 14.6. The van der Waals surface area contributed by atoms with E-state index < -0.39 is 151 Å². The number of aliphatic hydroxyl groups excluding tert-OH is 2. The van der Waals surface area contributed by atoms with E-state index >= 15 is 0 Å². The van der Waals surface area contributed by atoms with E-state index in [-0.39, 0.29) is 83.2 Å². The maximum Gasteiger partial charge on any atom is 0.251 e. The van der Waals surface area contributed by atoms with Crippen LogP contribution in [-0.2, 0) is 54.4 Å². The molecule has 3 aromatic rings. The molecule has 0 aromatic heterocycles. The van der Waals surface area contributed by atoms with Crippen LogP contribution in [0.4, 0.5) is 0 Å². The molecule has 4 rings (SSSR count). The Balaban J connectivity index is 1.70. The highest BCUT2D eigenvalue weighted by Crippen LogP contribution is 2.20. The fraction of sp³-hybridized carbons (Fsp3) is 0.532. The summed E-state index contributed by atoms with van der Waals surface area (Å²) in [6, 6.07) is 9.62. The minimum atomic E-state index is -1.75. The van der Waals surface area contributed by atoms with Crippen molar-refractivity contribution >= 4 is 65.0 Å². The number of unbranched alkanes of at least 4 members (excludes halogenated alkanes) is 3. The molecule has 0 saturated carbocycles. The van der Waals surface area contributed by atoms with Crippen LogP contribution in [0.1, 0.15) is 107 Å². The summed E-state index contributed by atoms with van der Waals surface area (Å²) in [5.74, 6) is -10.0. The second-order valence-corrected chi connectivity index (χ2v) is 22.4. The normalized spacial score (nSPS) is 21.6. The van der Waals surface area contributed by atoms with Gasteiger partial charge in [0.2, 0.25) is 59.1 Å². The Labute approximate surface area is 530 Å². The predicted molar refractivity (Wildman–Crippen MR) is 339 cm³/mol. The van der Waals surface area contributed by atoms with Gasteiger partial charge in [0, 0.05) is 18.5 Å². The van der Waals surface area contributed by atoms with Crippen LogP contribution in [0.2, 0.25) is 0 Å². The average Bonchev–Trinajstić information content (AvgIpc) is 1.83. The van der Waals surface area contributed by atoms with Gasteiger partial charge in [0.05, 0.1) is 12.2 Å². The van der Waals surface area contributed by atoms with Gasteiger partial charge in [0.15, 0.2) is 0 Å². The summed E-state index contributed by atoms with van der Waals surface area (Å²) in [7, 11) is 0. The Morgan fingerprint density at radius 1 is 0.505 bits per heavy atom. The van der Waals surface area contributed by atoms with Crippen LogP contribution in [0.5, 0.6) is 0 Å². The molecule has 0 radical (unpaired) electrons. The van der Waals surface area contributed by atoms with Gasteiger partial charge in [0.1, 0.15) is 60.4 Å². The van der Waals surface area contributed by atoms with Gasteiger partial charge >= 0.3 is 0 Å². The zero-order valence-corrected chi connectivity index (χ0v) is 52.0. The van der Waals surface area contributed by atoms with Crippen molar-refractivity contribution in [3.63, 3.8) is 0 Å². The summed E-state index contributed by atoms with van der Waals surface area (Å²) in [4.78, 5) is 156. The lowest BCUT2D eigenvalue weighted by Crippen LogP contribution is -2.62. The summed E-state index contributed by atoms with van der Waals surface area (Å²) in [6.07, 6.45) is -1.83. The van der Waals surface area contributed by atoms with Gasteiger partial charge in [-0.1, -0.05) is 105 Å². The molecule has 29 nitrogen and oxygen atoms in total. The molecule has 0 bridgehead atoms. The van der Waals surface area contributed by atoms with Gasteiger partial charge in [-0.15, -0.1) is 0 Å². The molecule has 1 aliphatic rings. The molecule has 12 atom stereocenters. The number of nitrogens with one attached hydrogen (secondary N) is 11. The highest BCUT2D eigenvalue weighted by Gasteiger charge is 2.37. The lowest BCUT2D eigenvalue weighted by atomic mass is 10.0. The first-order chi connectivity index (χ1) is 43.6. The van der Waals surface area contributed by atoms with Crippen LogP contribution >= 0.6 is 0 Å². The largest absolute Gasteiger partial charge is 0.391 e. The SMILES string of the molecule is CCCCCC[C@@H]1NC(=O)[C@@H](Cc2ccccc2)NC(=O)[C@@H](CCN)NC(=O)[C@@H](NC(=O)[C@H](CCN)NC(=O)[C@@H](NC(=O)[C@H](CCN)NC(=O)c2ccc(-c3ccccc3)cc2)[C@@H](C)O)CCNC(=O)[C@H]([C@@H](C)O)NC(=O)[C@H](CCN)NC(=O)[C@H](CCN)NC1=O. The van der Waals surface area contributed by atoms with E-state index in [1.54, 1.807) is 54.6 Å². The van der Waals surface area contributed by atoms with Crippen molar-refractivity contribution in [2.24, 2.45) is 28.7 Å². The number of benzene rings is 3. The van der Waals surface area contributed by atoms with Crippen LogP contribution in [0.25, 0.3) is 11.1 Å². The van der Waals surface area contributed by atoms with E-state index in [4.69, 9.17) is 28.7 Å². The summed E-state index contributed by atoms with van der Waals surface area (Å²) in [5, 5.41) is 50.0. The lowest BCUT2D eigenvalue weighted by Gasteiger charge is -2.28. The molecule has 0 aliphatic carbocycles. The first-order valence-corrected chi connectivity index (χ1v) is 31.0. The lowest BCUT2D eigenvalue weighted by molar-refractivity contribution is -0.136. The van der Waals surface area contributed by atoms with Crippen molar-refractivity contribution in [1.82, 2.24) is 58.5 Å². The van der Waals surface area contributed by atoms with Crippen molar-refractivity contribution < 1.29 is 63.0 Å². The van der Waals surface area contributed by atoms with Crippen LogP contribution in [0.15, 0.2) is 84.9 Å². The highest BCUT2D eigenvalue weighted by molar-refractivity contribution is 6.01. The Bertz CT molecular complexity index is 2850. The molecular formula is C62H94N16O13. The van der Waals surface area contributed by atoms with E-state index in [1.165, 1.54) is 13.8 Å². The van der Waals surface area contributed by atoms with Crippen molar-refractivity contribution in [3.8, 4) is 11.1 Å². The third-order valence-corrected chi connectivity index (χ3v) is 15.1. The number of carbonyl (C=O) groups excluding carboxylic acids is 11. The smallest absolute Gasteiger partial charge is 0.251 e. The standard InChI is InChI=1S/C62H94N16O13/c1-4-5-6-13-18-42-53(82)71-43(23-29-63)54(83)73-47(27-33-67)59(88)77-50(36(2)79)61(90)68-34-28-48(57(86)72-44(24-30-64)56(85)76-49(60(89)70-42)35-38-14-9-7-10-15-38)74-55(84)45(25-31-65)75-62(91)51(37(3)80)78-58(87)46(26-32-66)69-52(81)41-21-19-40(20-22-41)39-16-11-8-12-17-39/h7-12,14-17,19-22,36-37,42-51,79-80H,4-6,13,18,23-35,63-67H2,1-3H3,(H,68,90)(H,69,81)(H,70,89)(H,71,82)(H,72,86)(H,73,83)(H,74,84)(H,75,91)(H,76,85)(H,77,88)(H,78,87)/t36-,37-,42+,43+,44-,45+,46+,47+,48+,49-,50+,51+/m1/s1. The van der Waals surface area contributed by atoms with Crippen molar-refractivity contribution in [1.29, 1.82) is 0 Å². The molecule has 1 aliphatic heterocycles. The maximum atomic E-state index is 14.6. The number of hydrogen-bond donors (Lipinski definition) is 18. The fourth-order valence-corrected chi connectivity index (χ4v) is 9.90. The molecule has 29 heteroatoms. The summed E-state index contributed by atoms with van der Waals surface area (Å²) >= 11 is 0. The summed E-state index contributed by atoms with van der Waals surface area (Å²) < 4.78 is 0. The van der Waals surface area contributed by atoms with E-state index in [9.17, 15) is 63.0 Å². The third kappa shape index (κ3) is 24.7. The third-order valence-electron chi connectivity index (χ3n) is 15.1. The minimum absolute atomic E-state index is 0.0800. The van der Waals surface area contributed by atoms with Crippen molar-refractivity contribution in [2.75, 3.05) is 39.3 Å². The zero-order chi connectivity index (χ0) is 67.0. The number of carbonyl (C=O) groups is 11. The minimum Gasteiger partial charge on any atom is -0.391 e. The number of hydrogen-bond acceptors (Lipinski definition) is 18. The number of aliphatic hydroxyl groups is 2. The summed E-state index contributed by atoms with van der Waals surface area (Å²) in [5.41, 5.74) is 32.1. The topological polar surface area (TPSA) is 491 Å². The Morgan fingerprint density at radius 3 is 1.48 bits per heavy atom. The Hall–Kier alpha value is -8.45. The van der Waals surface area contributed by atoms with Gasteiger partial charge in [-0.3, -0.25) is 52.7 Å². The number of nitrogens with two attached hydrogens (primary N) is 5. The first-order valence-electron chi connectivity index (χ1n) is 31.0. The van der Waals surface area contributed by atoms with E-state index in [0.717, 1.165) is 24.0 Å². The van der Waals surface area contributed by atoms with Crippen LogP contribution in [0.3, 0.4) is 0 Å². The molecule has 3 aromatic carbocycles. The van der Waals surface area contributed by atoms with Gasteiger partial charge < -0.3 is 97.4 Å². The monoisotopic (exact) mass is 1270 g/mol.